The fraction of sp³-hybridized carbons (Fsp3) is 0.320. The third-order valence-electron chi connectivity index (χ3n) is 6.77. The lowest BCUT2D eigenvalue weighted by molar-refractivity contribution is -0.0440. The Labute approximate surface area is 169 Å². The number of benzene rings is 3. The van der Waals surface area contributed by atoms with Crippen LogP contribution in [-0.2, 0) is 7.05 Å². The first-order valence-electron chi connectivity index (χ1n) is 10.1. The van der Waals surface area contributed by atoms with Gasteiger partial charge in [0, 0.05) is 29.3 Å². The van der Waals surface area contributed by atoms with Crippen LogP contribution in [0.15, 0.2) is 47.3 Å². The summed E-state index contributed by atoms with van der Waals surface area (Å²) in [6, 6.07) is 14.0. The second-order valence-corrected chi connectivity index (χ2v) is 8.87. The minimum absolute atomic E-state index is 0.00356. The number of fused-ring (bicyclic) bond motifs is 5. The molecule has 0 amide bonds. The molecule has 29 heavy (non-hydrogen) atoms. The first-order valence-corrected chi connectivity index (χ1v) is 10.1. The van der Waals surface area contributed by atoms with Gasteiger partial charge in [-0.25, -0.2) is 0 Å². The maximum atomic E-state index is 13.6. The van der Waals surface area contributed by atoms with Gasteiger partial charge in [0.2, 0.25) is 0 Å². The summed E-state index contributed by atoms with van der Waals surface area (Å²) < 4.78 is 8.34. The maximum absolute atomic E-state index is 13.6. The molecule has 2 heterocycles. The van der Waals surface area contributed by atoms with Crippen molar-refractivity contribution in [1.82, 2.24) is 4.57 Å². The van der Waals surface area contributed by atoms with Gasteiger partial charge < -0.3 is 14.4 Å². The summed E-state index contributed by atoms with van der Waals surface area (Å²) in [5, 5.41) is 14.7. The lowest BCUT2D eigenvalue weighted by Crippen LogP contribution is -2.43. The van der Waals surface area contributed by atoms with Crippen LogP contribution in [0.4, 0.5) is 0 Å². The van der Waals surface area contributed by atoms with E-state index in [1.54, 1.807) is 0 Å². The van der Waals surface area contributed by atoms with Crippen LogP contribution in [0.25, 0.3) is 32.6 Å². The number of ether oxygens (including phenoxy) is 1. The largest absolute Gasteiger partial charge is 0.487 e. The van der Waals surface area contributed by atoms with Crippen LogP contribution in [0.5, 0.6) is 5.75 Å². The Morgan fingerprint density at radius 3 is 2.45 bits per heavy atom. The molecule has 4 nitrogen and oxygen atoms in total. The quantitative estimate of drug-likeness (QED) is 0.432. The average molecular weight is 387 g/mol. The molecule has 3 aromatic carbocycles. The second-order valence-electron chi connectivity index (χ2n) is 8.87. The van der Waals surface area contributed by atoms with Gasteiger partial charge in [-0.15, -0.1) is 0 Å². The normalized spacial score (nSPS) is 20.8. The van der Waals surface area contributed by atoms with Crippen LogP contribution in [-0.4, -0.2) is 15.3 Å². The standard InChI is InChI=1S/C25H25NO3/c1-13-10-19-21(23(27)14(2)25(3,4)29-19)22-20(13)24(28)17-11-15-8-6-7-9-16(15)12-18(17)26(22)5/h6-12,14,23,27H,1-5H3. The van der Waals surface area contributed by atoms with E-state index >= 15 is 0 Å². The highest BCUT2D eigenvalue weighted by Crippen LogP contribution is 2.47. The number of aliphatic hydroxyl groups is 1. The van der Waals surface area contributed by atoms with Gasteiger partial charge in [-0.2, -0.15) is 0 Å². The Hall–Kier alpha value is -2.85. The topological polar surface area (TPSA) is 51.5 Å². The van der Waals surface area contributed by atoms with Crippen molar-refractivity contribution in [2.75, 3.05) is 0 Å². The van der Waals surface area contributed by atoms with Gasteiger partial charge in [0.05, 0.1) is 17.1 Å². The molecule has 2 atom stereocenters. The number of hydrogen-bond donors (Lipinski definition) is 1. The van der Waals surface area contributed by atoms with Gasteiger partial charge in [0.15, 0.2) is 5.43 Å². The molecule has 1 aromatic heterocycles. The van der Waals surface area contributed by atoms with Gasteiger partial charge in [-0.05, 0) is 55.3 Å². The SMILES string of the molecule is Cc1cc2c(c3c1c(=O)c1cc4ccccc4cc1n3C)C(O)C(C)C(C)(C)O2. The number of aliphatic hydroxyl groups excluding tert-OH is 1. The molecule has 0 saturated heterocycles. The number of nitrogens with zero attached hydrogens (tertiary/aromatic N) is 1. The van der Waals surface area contributed by atoms with Gasteiger partial charge in [-0.3, -0.25) is 4.79 Å². The van der Waals surface area contributed by atoms with Crippen LogP contribution < -0.4 is 10.2 Å². The van der Waals surface area contributed by atoms with Crippen LogP contribution in [0, 0.1) is 12.8 Å². The summed E-state index contributed by atoms with van der Waals surface area (Å²) in [7, 11) is 1.97. The second kappa shape index (κ2) is 5.83. The van der Waals surface area contributed by atoms with E-state index in [2.05, 4.69) is 12.1 Å². The minimum atomic E-state index is -0.708. The molecule has 2 unspecified atom stereocenters. The molecule has 148 valence electrons. The van der Waals surface area contributed by atoms with Crippen LogP contribution in [0.3, 0.4) is 0 Å². The molecule has 0 saturated carbocycles. The molecule has 0 bridgehead atoms. The highest BCUT2D eigenvalue weighted by Gasteiger charge is 2.42. The van der Waals surface area contributed by atoms with Gasteiger partial charge in [0.25, 0.3) is 0 Å². The fourth-order valence-corrected chi connectivity index (χ4v) is 4.74. The number of hydrogen-bond acceptors (Lipinski definition) is 3. The average Bonchev–Trinajstić information content (AvgIpc) is 2.68. The summed E-state index contributed by atoms with van der Waals surface area (Å²) in [5.41, 5.74) is 2.72. The minimum Gasteiger partial charge on any atom is -0.487 e. The van der Waals surface area contributed by atoms with Crippen molar-refractivity contribution in [1.29, 1.82) is 0 Å². The van der Waals surface area contributed by atoms with Crippen molar-refractivity contribution in [3.05, 3.63) is 63.8 Å². The summed E-state index contributed by atoms with van der Waals surface area (Å²) >= 11 is 0. The van der Waals surface area contributed by atoms with E-state index in [1.165, 1.54) is 0 Å². The van der Waals surface area contributed by atoms with Crippen LogP contribution in [0.1, 0.15) is 38.0 Å². The summed E-state index contributed by atoms with van der Waals surface area (Å²) in [5.74, 6) is 0.559. The molecular weight excluding hydrogens is 362 g/mol. The lowest BCUT2D eigenvalue weighted by Gasteiger charge is -2.42. The van der Waals surface area contributed by atoms with Crippen molar-refractivity contribution >= 4 is 32.6 Å². The molecule has 0 fully saturated rings. The lowest BCUT2D eigenvalue weighted by atomic mass is 9.80. The first-order chi connectivity index (χ1) is 13.7. The number of aryl methyl sites for hydroxylation is 2. The zero-order valence-corrected chi connectivity index (χ0v) is 17.4. The zero-order valence-electron chi connectivity index (χ0n) is 17.4. The molecule has 0 radical (unpaired) electrons. The molecule has 1 aliphatic heterocycles. The Kier molecular flexibility index (Phi) is 3.66. The summed E-state index contributed by atoms with van der Waals surface area (Å²) in [6.45, 7) is 7.92. The van der Waals surface area contributed by atoms with E-state index in [9.17, 15) is 9.90 Å². The van der Waals surface area contributed by atoms with Crippen LogP contribution >= 0.6 is 0 Å². The molecule has 1 aliphatic rings. The third kappa shape index (κ3) is 2.39. The summed E-state index contributed by atoms with van der Waals surface area (Å²) in [6.07, 6.45) is -0.708. The molecule has 1 N–H and O–H groups in total. The van der Waals surface area contributed by atoms with Crippen molar-refractivity contribution < 1.29 is 9.84 Å². The van der Waals surface area contributed by atoms with E-state index < -0.39 is 11.7 Å². The highest BCUT2D eigenvalue weighted by molar-refractivity contribution is 6.03. The van der Waals surface area contributed by atoms with Gasteiger partial charge in [-0.1, -0.05) is 31.2 Å². The number of rotatable bonds is 0. The fourth-order valence-electron chi connectivity index (χ4n) is 4.74. The third-order valence-corrected chi connectivity index (χ3v) is 6.77. The molecule has 0 aliphatic carbocycles. The molecular formula is C25H25NO3. The Morgan fingerprint density at radius 1 is 1.10 bits per heavy atom. The Bertz CT molecular complexity index is 1380. The van der Waals surface area contributed by atoms with E-state index in [4.69, 9.17) is 4.74 Å². The Morgan fingerprint density at radius 2 is 1.76 bits per heavy atom. The monoisotopic (exact) mass is 387 g/mol. The first kappa shape index (κ1) is 18.2. The van der Waals surface area contributed by atoms with Gasteiger partial charge >= 0.3 is 0 Å². The van der Waals surface area contributed by atoms with Crippen molar-refractivity contribution in [3.8, 4) is 5.75 Å². The highest BCUT2D eigenvalue weighted by atomic mass is 16.5. The van der Waals surface area contributed by atoms with Gasteiger partial charge in [0.1, 0.15) is 11.4 Å². The Balaban J connectivity index is 2.00. The number of pyridine rings is 1. The molecule has 5 rings (SSSR count). The zero-order chi connectivity index (χ0) is 20.7. The smallest absolute Gasteiger partial charge is 0.197 e. The van der Waals surface area contributed by atoms with E-state index in [0.717, 1.165) is 27.4 Å². The van der Waals surface area contributed by atoms with Crippen molar-refractivity contribution in [3.63, 3.8) is 0 Å². The molecule has 4 heteroatoms. The number of aromatic nitrogens is 1. The maximum Gasteiger partial charge on any atom is 0.197 e. The van der Waals surface area contributed by atoms with Crippen LogP contribution in [0.2, 0.25) is 0 Å². The predicted octanol–water partition coefficient (Wildman–Crippen LogP) is 4.99. The van der Waals surface area contributed by atoms with Crippen molar-refractivity contribution in [2.45, 2.75) is 39.4 Å². The van der Waals surface area contributed by atoms with E-state index in [-0.39, 0.29) is 11.3 Å². The van der Waals surface area contributed by atoms with E-state index in [1.807, 2.05) is 69.6 Å². The van der Waals surface area contributed by atoms with Crippen molar-refractivity contribution in [2.24, 2.45) is 13.0 Å². The van der Waals surface area contributed by atoms with E-state index in [0.29, 0.717) is 22.1 Å². The summed E-state index contributed by atoms with van der Waals surface area (Å²) in [4.78, 5) is 13.6. The molecule has 0 spiro atoms. The predicted molar refractivity (Wildman–Crippen MR) is 118 cm³/mol. The molecule has 4 aromatic rings.